The molecule has 0 saturated heterocycles. The summed E-state index contributed by atoms with van der Waals surface area (Å²) in [6.07, 6.45) is 6.24. The van der Waals surface area contributed by atoms with E-state index in [1.807, 2.05) is 13.0 Å². The Bertz CT molecular complexity index is 1470. The number of carbonyl (C=O) groups is 5. The van der Waals surface area contributed by atoms with Crippen LogP contribution in [0.15, 0.2) is 48.1 Å². The molecule has 5 unspecified atom stereocenters. The normalized spacial score (nSPS) is 33.5. The summed E-state index contributed by atoms with van der Waals surface area (Å²) in [4.78, 5) is 62.9. The molecule has 248 valence electrons. The van der Waals surface area contributed by atoms with Gasteiger partial charge in [-0.1, -0.05) is 37.6 Å². The Morgan fingerprint density at radius 3 is 2.50 bits per heavy atom. The number of nitrogens with one attached hydrogen (secondary N) is 1. The Kier molecular flexibility index (Phi) is 9.30. The van der Waals surface area contributed by atoms with Crippen LogP contribution in [0, 0.1) is 28.6 Å². The fourth-order valence-corrected chi connectivity index (χ4v) is 8.81. The van der Waals surface area contributed by atoms with Gasteiger partial charge in [0.15, 0.2) is 12.4 Å². The number of aliphatic hydroxyl groups excluding tert-OH is 1. The number of Topliss-reactive ketones (excluding diaryl/α,β-unsaturated/α-hetero) is 1. The predicted molar refractivity (Wildman–Crippen MR) is 164 cm³/mol. The van der Waals surface area contributed by atoms with Crippen LogP contribution in [0.4, 0.5) is 0 Å². The summed E-state index contributed by atoms with van der Waals surface area (Å²) in [5.41, 5.74) is -1.49. The zero-order valence-corrected chi connectivity index (χ0v) is 26.5. The molecule has 4 aliphatic rings. The van der Waals surface area contributed by atoms with E-state index in [0.29, 0.717) is 18.4 Å². The van der Waals surface area contributed by atoms with E-state index in [4.69, 9.17) is 9.47 Å². The Balaban J connectivity index is 1.16. The minimum Gasteiger partial charge on any atom is -0.508 e. The number of allylic oxidation sites excluding steroid dienone is 4. The van der Waals surface area contributed by atoms with Gasteiger partial charge in [0.05, 0.1) is 19.6 Å². The van der Waals surface area contributed by atoms with Gasteiger partial charge in [-0.3, -0.25) is 19.2 Å². The molecule has 3 fully saturated rings. The van der Waals surface area contributed by atoms with Crippen molar-refractivity contribution in [3.8, 4) is 5.75 Å². The maximum absolute atomic E-state index is 13.5. The van der Waals surface area contributed by atoms with Crippen LogP contribution in [0.2, 0.25) is 0 Å². The fraction of sp³-hybridized carbons (Fsp3) is 0.571. The lowest BCUT2D eigenvalue weighted by Crippen LogP contribution is -2.61. The van der Waals surface area contributed by atoms with E-state index >= 15 is 0 Å². The van der Waals surface area contributed by atoms with Crippen LogP contribution in [-0.4, -0.2) is 76.2 Å². The highest BCUT2D eigenvalue weighted by Crippen LogP contribution is 2.67. The second-order valence-electron chi connectivity index (χ2n) is 13.7. The first kappa shape index (κ1) is 33.5. The second kappa shape index (κ2) is 12.8. The second-order valence-corrected chi connectivity index (χ2v) is 13.7. The number of aromatic hydroxyl groups is 1. The summed E-state index contributed by atoms with van der Waals surface area (Å²) in [5, 5.41) is 35.4. The van der Waals surface area contributed by atoms with Gasteiger partial charge in [0, 0.05) is 29.6 Å². The first-order valence-corrected chi connectivity index (χ1v) is 15.9. The van der Waals surface area contributed by atoms with E-state index in [1.54, 1.807) is 24.3 Å². The number of esters is 2. The van der Waals surface area contributed by atoms with E-state index in [0.717, 1.165) is 12.0 Å². The Labute approximate surface area is 268 Å². The summed E-state index contributed by atoms with van der Waals surface area (Å²) in [6, 6.07) is 5.12. The van der Waals surface area contributed by atoms with Crippen molar-refractivity contribution >= 4 is 29.4 Å². The lowest BCUT2D eigenvalue weighted by atomic mass is 9.46. The number of phenols is 1. The number of hydrogen-bond acceptors (Lipinski definition) is 10. The van der Waals surface area contributed by atoms with Crippen LogP contribution in [0.25, 0.3) is 0 Å². The van der Waals surface area contributed by atoms with Crippen molar-refractivity contribution in [2.45, 2.75) is 83.0 Å². The maximum Gasteiger partial charge on any atom is 0.328 e. The molecule has 4 N–H and O–H groups in total. The van der Waals surface area contributed by atoms with Crippen molar-refractivity contribution in [1.29, 1.82) is 0 Å². The molecular formula is C35H43NO10. The molecule has 0 aromatic heterocycles. The van der Waals surface area contributed by atoms with Crippen LogP contribution in [0.1, 0.15) is 64.4 Å². The first-order chi connectivity index (χ1) is 21.7. The molecule has 11 nitrogen and oxygen atoms in total. The van der Waals surface area contributed by atoms with Crippen molar-refractivity contribution in [2.75, 3.05) is 13.7 Å². The molecule has 3 saturated carbocycles. The molecule has 46 heavy (non-hydrogen) atoms. The summed E-state index contributed by atoms with van der Waals surface area (Å²) in [7, 11) is 1.19. The smallest absolute Gasteiger partial charge is 0.328 e. The number of methoxy groups -OCH3 is 1. The number of ketones is 2. The Morgan fingerprint density at radius 1 is 1.09 bits per heavy atom. The third-order valence-corrected chi connectivity index (χ3v) is 11.2. The quantitative estimate of drug-likeness (QED) is 0.279. The van der Waals surface area contributed by atoms with Gasteiger partial charge in [0.2, 0.25) is 11.7 Å². The number of carbonyl (C=O) groups excluding carboxylic acids is 5. The highest BCUT2D eigenvalue weighted by molar-refractivity contribution is 6.01. The van der Waals surface area contributed by atoms with Crippen molar-refractivity contribution in [1.82, 2.24) is 5.32 Å². The van der Waals surface area contributed by atoms with E-state index in [9.17, 15) is 39.3 Å². The number of aliphatic hydroxyl groups is 2. The molecule has 1 amide bonds. The van der Waals surface area contributed by atoms with Gasteiger partial charge in [0.1, 0.15) is 17.4 Å². The maximum atomic E-state index is 13.5. The summed E-state index contributed by atoms with van der Waals surface area (Å²) in [6.45, 7) is 3.24. The average Bonchev–Trinajstić information content (AvgIpc) is 3.29. The highest BCUT2D eigenvalue weighted by Gasteiger charge is 2.68. The van der Waals surface area contributed by atoms with Gasteiger partial charge in [-0.2, -0.15) is 0 Å². The average molecular weight is 638 g/mol. The van der Waals surface area contributed by atoms with Crippen LogP contribution >= 0.6 is 0 Å². The number of rotatable bonds is 10. The van der Waals surface area contributed by atoms with Gasteiger partial charge in [-0.25, -0.2) is 4.79 Å². The third kappa shape index (κ3) is 6.02. The molecule has 0 spiro atoms. The van der Waals surface area contributed by atoms with E-state index in [-0.39, 0.29) is 61.4 Å². The minimum atomic E-state index is -1.79. The van der Waals surface area contributed by atoms with Gasteiger partial charge in [-0.15, -0.1) is 0 Å². The Morgan fingerprint density at radius 2 is 1.80 bits per heavy atom. The van der Waals surface area contributed by atoms with Crippen molar-refractivity contribution < 1.29 is 48.8 Å². The summed E-state index contributed by atoms with van der Waals surface area (Å²) >= 11 is 0. The number of amides is 1. The highest BCUT2D eigenvalue weighted by atomic mass is 16.5. The molecule has 1 aromatic carbocycles. The molecule has 11 heteroatoms. The molecule has 0 radical (unpaired) electrons. The van der Waals surface area contributed by atoms with E-state index in [1.165, 1.54) is 19.2 Å². The number of hydrogen-bond donors (Lipinski definition) is 4. The first-order valence-electron chi connectivity index (χ1n) is 15.9. The van der Waals surface area contributed by atoms with Crippen LogP contribution in [0.3, 0.4) is 0 Å². The van der Waals surface area contributed by atoms with Crippen LogP contribution in [-0.2, 0) is 39.9 Å². The molecule has 0 bridgehead atoms. The topological polar surface area (TPSA) is 177 Å². The van der Waals surface area contributed by atoms with Crippen LogP contribution < -0.4 is 5.32 Å². The predicted octanol–water partition coefficient (Wildman–Crippen LogP) is 2.49. The van der Waals surface area contributed by atoms with E-state index in [2.05, 4.69) is 12.2 Å². The van der Waals surface area contributed by atoms with Gasteiger partial charge in [0.25, 0.3) is 0 Å². The van der Waals surface area contributed by atoms with Crippen molar-refractivity contribution in [2.24, 2.45) is 28.6 Å². The Hall–Kier alpha value is -3.83. The zero-order chi connectivity index (χ0) is 33.4. The van der Waals surface area contributed by atoms with Crippen molar-refractivity contribution in [3.05, 3.63) is 53.6 Å². The van der Waals surface area contributed by atoms with Gasteiger partial charge in [-0.05, 0) is 73.8 Å². The molecular weight excluding hydrogens is 594 g/mol. The van der Waals surface area contributed by atoms with Crippen molar-refractivity contribution in [3.63, 3.8) is 0 Å². The van der Waals surface area contributed by atoms with Crippen LogP contribution in [0.5, 0.6) is 5.75 Å². The minimum absolute atomic E-state index is 0.0389. The van der Waals surface area contributed by atoms with Gasteiger partial charge < -0.3 is 30.1 Å². The fourth-order valence-electron chi connectivity index (χ4n) is 8.81. The third-order valence-electron chi connectivity index (χ3n) is 11.2. The van der Waals surface area contributed by atoms with E-state index < -0.39 is 58.8 Å². The lowest BCUT2D eigenvalue weighted by molar-refractivity contribution is -0.181. The molecule has 8 atom stereocenters. The largest absolute Gasteiger partial charge is 0.508 e. The summed E-state index contributed by atoms with van der Waals surface area (Å²) < 4.78 is 10.00. The molecule has 1 aromatic rings. The SMILES string of the molecule is COC(=O)C(Cc1ccc(O)cc1)NC(=O)CCC(=O)OCC(=O)[C@]1(O)CCC2C3CCC4=CC(=O)C=C[C@]4(C)C3C(O)C[C@@]21C. The number of ether oxygens (including phenoxy) is 2. The monoisotopic (exact) mass is 637 g/mol. The number of phenolic OH excluding ortho intramolecular Hbond substituents is 1. The molecule has 0 heterocycles. The molecule has 5 rings (SSSR count). The zero-order valence-electron chi connectivity index (χ0n) is 26.5. The lowest BCUT2D eigenvalue weighted by Gasteiger charge is -2.59. The number of fused-ring (bicyclic) bond motifs is 5. The molecule has 0 aliphatic heterocycles. The standard InChI is InChI=1S/C35H43NO10/c1-33-14-12-23(38)17-21(33)6-9-24-25-13-15-35(44,34(25,2)18-27(39)31(24)33)28(40)19-46-30(42)11-10-29(41)36-26(32(43)45-3)16-20-4-7-22(37)8-5-20/h4-5,7-8,12,14,17,24-27,31,37,39,44H,6,9-11,13,15-16,18-19H2,1-3H3,(H,36,41)/t24?,25?,26?,27?,31?,33-,34-,35+/m0/s1. The number of benzene rings is 1. The summed E-state index contributed by atoms with van der Waals surface area (Å²) in [5.74, 6) is -2.83. The van der Waals surface area contributed by atoms with Gasteiger partial charge >= 0.3 is 11.9 Å². The molecule has 4 aliphatic carbocycles.